The topological polar surface area (TPSA) is 94.6 Å². The predicted molar refractivity (Wildman–Crippen MR) is 149 cm³/mol. The number of hydrogen-bond acceptors (Lipinski definition) is 8. The lowest BCUT2D eigenvalue weighted by Crippen LogP contribution is -2.54. The Balaban J connectivity index is 1.06. The van der Waals surface area contributed by atoms with Crippen LogP contribution in [0, 0.1) is 17.8 Å². The minimum atomic E-state index is -2.51. The van der Waals surface area contributed by atoms with Crippen molar-refractivity contribution in [3.05, 3.63) is 54.4 Å². The molecule has 40 heavy (non-hydrogen) atoms. The van der Waals surface area contributed by atoms with Gasteiger partial charge in [0.15, 0.2) is 5.82 Å². The lowest BCUT2D eigenvalue weighted by atomic mass is 10.1. The molecule has 4 bridgehead atoms. The van der Waals surface area contributed by atoms with Crippen LogP contribution in [0.2, 0.25) is 0 Å². The van der Waals surface area contributed by atoms with Crippen LogP contribution in [0.1, 0.15) is 31.4 Å². The number of pyridine rings is 1. The Morgan fingerprint density at radius 2 is 1.82 bits per heavy atom. The van der Waals surface area contributed by atoms with Crippen LogP contribution in [0.4, 0.5) is 26.0 Å². The van der Waals surface area contributed by atoms with Gasteiger partial charge in [0, 0.05) is 67.5 Å². The highest BCUT2D eigenvalue weighted by molar-refractivity contribution is 5.74. The molecule has 0 radical (unpaired) electrons. The number of piperazine rings is 1. The molecule has 3 aromatic rings. The van der Waals surface area contributed by atoms with Gasteiger partial charge in [-0.2, -0.15) is 0 Å². The summed E-state index contributed by atoms with van der Waals surface area (Å²) < 4.78 is 27.7. The molecule has 3 N–H and O–H groups in total. The van der Waals surface area contributed by atoms with Crippen molar-refractivity contribution < 1.29 is 13.9 Å². The van der Waals surface area contributed by atoms with Gasteiger partial charge < -0.3 is 20.6 Å². The van der Waals surface area contributed by atoms with Crippen LogP contribution in [0.15, 0.2) is 48.7 Å². The molecule has 8 nitrogen and oxygen atoms in total. The summed E-state index contributed by atoms with van der Waals surface area (Å²) in [6.07, 6.45) is 4.47. The van der Waals surface area contributed by atoms with Gasteiger partial charge in [-0.05, 0) is 55.5 Å². The van der Waals surface area contributed by atoms with E-state index < -0.39 is 11.8 Å². The molecule has 1 aromatic carbocycles. The molecule has 1 saturated carbocycles. The Kier molecular flexibility index (Phi) is 6.00. The lowest BCUT2D eigenvalue weighted by Gasteiger charge is -2.43. The number of rotatable bonds is 4. The molecule has 4 aliphatic rings. The molecule has 10 heteroatoms. The van der Waals surface area contributed by atoms with Crippen molar-refractivity contribution in [1.29, 1.82) is 0 Å². The second kappa shape index (κ2) is 9.59. The van der Waals surface area contributed by atoms with Crippen LogP contribution in [-0.2, 0) is 0 Å². The molecule has 7 rings (SSSR count). The number of alkyl halides is 2. The van der Waals surface area contributed by atoms with Crippen molar-refractivity contribution >= 4 is 17.2 Å². The van der Waals surface area contributed by atoms with Crippen LogP contribution in [0.25, 0.3) is 11.3 Å². The Hall–Kier alpha value is -3.97. The number of phenolic OH excluding ortho intramolecular Hbond substituents is 1. The number of phenols is 1. The summed E-state index contributed by atoms with van der Waals surface area (Å²) in [5, 5.41) is 18.7. The summed E-state index contributed by atoms with van der Waals surface area (Å²) in [6, 6.07) is 13.6. The van der Waals surface area contributed by atoms with Crippen LogP contribution in [0.5, 0.6) is 5.75 Å². The summed E-state index contributed by atoms with van der Waals surface area (Å²) in [6.45, 7) is 2.51. The number of anilines is 3. The fourth-order valence-corrected chi connectivity index (χ4v) is 7.04. The van der Waals surface area contributed by atoms with E-state index in [4.69, 9.17) is 5.73 Å². The largest absolute Gasteiger partial charge is 0.507 e. The molecule has 0 spiro atoms. The number of nitrogens with two attached hydrogens (primary N) is 1. The van der Waals surface area contributed by atoms with Crippen LogP contribution < -0.4 is 15.5 Å². The van der Waals surface area contributed by atoms with Gasteiger partial charge in [-0.1, -0.05) is 18.1 Å². The zero-order chi connectivity index (χ0) is 27.4. The number of nitrogen functional groups attached to an aromatic ring is 1. The second-order valence-corrected chi connectivity index (χ2v) is 11.4. The van der Waals surface area contributed by atoms with E-state index in [1.54, 1.807) is 18.3 Å². The maximum Gasteiger partial charge on any atom is 0.253 e. The van der Waals surface area contributed by atoms with Crippen LogP contribution >= 0.6 is 0 Å². The minimum absolute atomic E-state index is 0.0426. The predicted octanol–water partition coefficient (Wildman–Crippen LogP) is 3.77. The maximum atomic E-state index is 13.8. The first-order valence-corrected chi connectivity index (χ1v) is 13.9. The van der Waals surface area contributed by atoms with Crippen LogP contribution in [0.3, 0.4) is 0 Å². The number of nitrogens with zero attached hydrogens (tertiary/aromatic N) is 6. The standard InChI is InChI=1S/C30H31F2N7O/c31-30(32)15-24-12-19(30)16-37(24)11-3-4-20-13-21(9-10-34-20)39-22-7-8-23(39)18-38(17-22)27-14-26(35-36-29(27)33)25-5-1-2-6-28(25)40/h1-2,5-6,9-10,13-14,19,22-24,40H,7-8,11-12,15-18H2,(H2,33,36). The molecule has 4 atom stereocenters. The number of likely N-dealkylation sites (tertiary alicyclic amines) is 1. The zero-order valence-corrected chi connectivity index (χ0v) is 22.0. The van der Waals surface area contributed by atoms with Gasteiger partial charge in [0.05, 0.1) is 17.9 Å². The molecule has 2 aromatic heterocycles. The van der Waals surface area contributed by atoms with Gasteiger partial charge in [0.2, 0.25) is 0 Å². The van der Waals surface area contributed by atoms with Crippen molar-refractivity contribution in [1.82, 2.24) is 20.1 Å². The van der Waals surface area contributed by atoms with E-state index in [0.29, 0.717) is 54.4 Å². The molecular weight excluding hydrogens is 512 g/mol. The number of piperidine rings is 1. The smallest absolute Gasteiger partial charge is 0.253 e. The normalized spacial score (nSPS) is 26.6. The van der Waals surface area contributed by atoms with E-state index in [9.17, 15) is 13.9 Å². The molecule has 3 saturated heterocycles. The average Bonchev–Trinajstić information content (AvgIpc) is 3.56. The van der Waals surface area contributed by atoms with Crippen molar-refractivity contribution in [3.63, 3.8) is 0 Å². The summed E-state index contributed by atoms with van der Waals surface area (Å²) in [5.74, 6) is 3.85. The third-order valence-electron chi connectivity index (χ3n) is 8.98. The number of aromatic nitrogens is 3. The first-order valence-electron chi connectivity index (χ1n) is 13.9. The third-order valence-corrected chi connectivity index (χ3v) is 8.98. The van der Waals surface area contributed by atoms with Gasteiger partial charge in [0.25, 0.3) is 5.92 Å². The molecular formula is C30H31F2N7O. The quantitative estimate of drug-likeness (QED) is 0.481. The Morgan fingerprint density at radius 3 is 2.55 bits per heavy atom. The van der Waals surface area contributed by atoms with Crippen molar-refractivity contribution in [2.75, 3.05) is 41.7 Å². The summed E-state index contributed by atoms with van der Waals surface area (Å²) in [5.41, 5.74) is 10.1. The fraction of sp³-hybridized carbons (Fsp3) is 0.433. The van der Waals surface area contributed by atoms with E-state index in [0.717, 1.165) is 37.3 Å². The van der Waals surface area contributed by atoms with E-state index in [-0.39, 0.29) is 18.2 Å². The highest BCUT2D eigenvalue weighted by Crippen LogP contribution is 2.48. The van der Waals surface area contributed by atoms with E-state index in [1.165, 1.54) is 0 Å². The number of halogens is 2. The number of aromatic hydroxyl groups is 1. The molecule has 0 amide bonds. The SMILES string of the molecule is Nc1nnc(-c2ccccc2O)cc1N1CC2CCC(C1)N2c1ccnc(C#CCN2CC3CC2CC3(F)F)c1. The molecule has 206 valence electrons. The van der Waals surface area contributed by atoms with Crippen molar-refractivity contribution in [3.8, 4) is 28.8 Å². The Bertz CT molecular complexity index is 1490. The van der Waals surface area contributed by atoms with Gasteiger partial charge in [-0.3, -0.25) is 4.90 Å². The van der Waals surface area contributed by atoms with E-state index >= 15 is 0 Å². The molecule has 1 aliphatic carbocycles. The van der Waals surface area contributed by atoms with Crippen molar-refractivity contribution in [2.24, 2.45) is 5.92 Å². The molecule has 3 aliphatic heterocycles. The van der Waals surface area contributed by atoms with Gasteiger partial charge >= 0.3 is 0 Å². The summed E-state index contributed by atoms with van der Waals surface area (Å²) in [7, 11) is 0. The number of fused-ring (bicyclic) bond motifs is 4. The fourth-order valence-electron chi connectivity index (χ4n) is 7.04. The average molecular weight is 544 g/mol. The van der Waals surface area contributed by atoms with E-state index in [2.05, 4.69) is 41.7 Å². The first kappa shape index (κ1) is 25.0. The van der Waals surface area contributed by atoms with Gasteiger partial charge in [-0.25, -0.2) is 13.8 Å². The number of benzene rings is 1. The zero-order valence-electron chi connectivity index (χ0n) is 22.0. The van der Waals surface area contributed by atoms with Gasteiger partial charge in [0.1, 0.15) is 11.4 Å². The Morgan fingerprint density at radius 1 is 1.02 bits per heavy atom. The molecule has 4 unspecified atom stereocenters. The van der Waals surface area contributed by atoms with Gasteiger partial charge in [-0.15, -0.1) is 10.2 Å². The van der Waals surface area contributed by atoms with E-state index in [1.807, 2.05) is 30.3 Å². The summed E-state index contributed by atoms with van der Waals surface area (Å²) >= 11 is 0. The van der Waals surface area contributed by atoms with Crippen molar-refractivity contribution in [2.45, 2.75) is 49.7 Å². The van der Waals surface area contributed by atoms with Crippen LogP contribution in [-0.4, -0.2) is 75.4 Å². The first-order chi connectivity index (χ1) is 19.4. The third kappa shape index (κ3) is 4.38. The second-order valence-electron chi connectivity index (χ2n) is 11.4. The highest BCUT2D eigenvalue weighted by atomic mass is 19.3. The Labute approximate surface area is 231 Å². The minimum Gasteiger partial charge on any atom is -0.507 e. The number of hydrogen-bond donors (Lipinski definition) is 2. The lowest BCUT2D eigenvalue weighted by molar-refractivity contribution is -0.0652. The molecule has 4 fully saturated rings. The summed E-state index contributed by atoms with van der Waals surface area (Å²) in [4.78, 5) is 11.3. The monoisotopic (exact) mass is 543 g/mol. The highest BCUT2D eigenvalue weighted by Gasteiger charge is 2.55. The number of para-hydroxylation sites is 1. The molecule has 5 heterocycles. The maximum absolute atomic E-state index is 13.8.